The molecule has 17 heavy (non-hydrogen) atoms. The first-order valence-electron chi connectivity index (χ1n) is 4.63. The van der Waals surface area contributed by atoms with E-state index in [1.807, 2.05) is 0 Å². The van der Waals surface area contributed by atoms with Gasteiger partial charge in [0.15, 0.2) is 11.5 Å². The number of rotatable bonds is 5. The zero-order valence-electron chi connectivity index (χ0n) is 9.38. The first-order chi connectivity index (χ1) is 7.96. The number of benzene rings is 1. The topological polar surface area (TPSA) is 65.0 Å². The lowest BCUT2D eigenvalue weighted by Gasteiger charge is -2.07. The number of hydrogen-bond donors (Lipinski definition) is 0. The molecule has 0 aromatic heterocycles. The highest BCUT2D eigenvalue weighted by Gasteiger charge is 2.05. The van der Waals surface area contributed by atoms with Crippen molar-refractivity contribution in [3.63, 3.8) is 0 Å². The van der Waals surface area contributed by atoms with Crippen LogP contribution in [-0.2, 0) is 10.2 Å². The van der Waals surface area contributed by atoms with Gasteiger partial charge in [-0.05, 0) is 12.1 Å². The Morgan fingerprint density at radius 3 is 2.47 bits per heavy atom. The van der Waals surface area contributed by atoms with Gasteiger partial charge in [0.25, 0.3) is 0 Å². The van der Waals surface area contributed by atoms with Gasteiger partial charge in [-0.3, -0.25) is 4.99 Å². The molecule has 94 valence electrons. The van der Waals surface area contributed by atoms with E-state index in [4.69, 9.17) is 9.47 Å². The fourth-order valence-corrected chi connectivity index (χ4v) is 1.39. The highest BCUT2D eigenvalue weighted by Crippen LogP contribution is 2.30. The lowest BCUT2D eigenvalue weighted by molar-refractivity contribution is 0.355. The van der Waals surface area contributed by atoms with E-state index >= 15 is 0 Å². The maximum absolute atomic E-state index is 12.2. The van der Waals surface area contributed by atoms with E-state index in [0.29, 0.717) is 17.2 Å². The van der Waals surface area contributed by atoms with Crippen LogP contribution in [0.3, 0.4) is 0 Å². The molecule has 1 rings (SSSR count). The van der Waals surface area contributed by atoms with Crippen LogP contribution >= 0.6 is 0 Å². The first kappa shape index (κ1) is 13.4. The number of nitrogens with zero attached hydrogens (tertiary/aromatic N) is 1. The lowest BCUT2D eigenvalue weighted by Crippen LogP contribution is -1.98. The van der Waals surface area contributed by atoms with E-state index in [2.05, 4.69) is 4.99 Å². The minimum atomic E-state index is -4.53. The second-order valence-corrected chi connectivity index (χ2v) is 4.47. The average Bonchev–Trinajstić information content (AvgIpc) is 2.27. The normalized spacial score (nSPS) is 11.7. The minimum absolute atomic E-state index is 0.450. The highest BCUT2D eigenvalue weighted by molar-refractivity contribution is 7.87. The summed E-state index contributed by atoms with van der Waals surface area (Å²) >= 11 is 0. The summed E-state index contributed by atoms with van der Waals surface area (Å²) in [5, 5.41) is 0. The summed E-state index contributed by atoms with van der Waals surface area (Å²) in [6.07, 6.45) is 0.983. The summed E-state index contributed by atoms with van der Waals surface area (Å²) in [6.45, 7) is 0. The molecule has 7 heteroatoms. The van der Waals surface area contributed by atoms with E-state index in [9.17, 15) is 12.3 Å². The molecule has 0 saturated carbocycles. The maximum Gasteiger partial charge on any atom is 0.307 e. The van der Waals surface area contributed by atoms with Crippen molar-refractivity contribution in [2.45, 2.75) is 0 Å². The van der Waals surface area contributed by atoms with E-state index in [1.54, 1.807) is 18.2 Å². The van der Waals surface area contributed by atoms with Crippen molar-refractivity contribution in [2.75, 3.05) is 20.0 Å². The molecule has 0 spiro atoms. The summed E-state index contributed by atoms with van der Waals surface area (Å²) in [6, 6.07) is 4.78. The minimum Gasteiger partial charge on any atom is -0.493 e. The standard InChI is InChI=1S/C10H12FNO4S/c1-15-9-4-3-8(7-10(9)16-2)12-5-6-17(11,13)14/h3-5,7H,6H2,1-2H3. The molecular formula is C10H12FNO4S. The molecule has 0 N–H and O–H groups in total. The Labute approximate surface area is 99.1 Å². The third-order valence-corrected chi connectivity index (χ3v) is 2.43. The molecule has 0 fully saturated rings. The molecule has 0 aliphatic carbocycles. The number of halogens is 1. The van der Waals surface area contributed by atoms with Crippen LogP contribution in [0.15, 0.2) is 23.2 Å². The van der Waals surface area contributed by atoms with Crippen molar-refractivity contribution in [2.24, 2.45) is 4.99 Å². The number of aliphatic imine (C=N–C) groups is 1. The zero-order valence-corrected chi connectivity index (χ0v) is 10.2. The van der Waals surface area contributed by atoms with Gasteiger partial charge in [-0.1, -0.05) is 0 Å². The fraction of sp³-hybridized carbons (Fsp3) is 0.300. The number of hydrogen-bond acceptors (Lipinski definition) is 5. The van der Waals surface area contributed by atoms with Crippen molar-refractivity contribution < 1.29 is 21.8 Å². The van der Waals surface area contributed by atoms with E-state index in [-0.39, 0.29) is 0 Å². The fourth-order valence-electron chi connectivity index (χ4n) is 1.14. The predicted molar refractivity (Wildman–Crippen MR) is 62.6 cm³/mol. The summed E-state index contributed by atoms with van der Waals surface area (Å²) < 4.78 is 42.7. The van der Waals surface area contributed by atoms with Crippen molar-refractivity contribution in [3.05, 3.63) is 18.2 Å². The van der Waals surface area contributed by atoms with Crippen molar-refractivity contribution >= 4 is 22.1 Å². The molecule has 0 aliphatic heterocycles. The van der Waals surface area contributed by atoms with Gasteiger partial charge < -0.3 is 9.47 Å². The van der Waals surface area contributed by atoms with Crippen LogP contribution in [0.4, 0.5) is 9.57 Å². The molecule has 0 bridgehead atoms. The van der Waals surface area contributed by atoms with Crippen LogP contribution in [0.5, 0.6) is 11.5 Å². The summed E-state index contributed by atoms with van der Waals surface area (Å²) in [7, 11) is -1.56. The van der Waals surface area contributed by atoms with Gasteiger partial charge in [-0.25, -0.2) is 0 Å². The largest absolute Gasteiger partial charge is 0.493 e. The Balaban J connectivity index is 2.86. The predicted octanol–water partition coefficient (Wildman–Crippen LogP) is 1.71. The summed E-state index contributed by atoms with van der Waals surface area (Å²) in [4.78, 5) is 3.80. The Bertz CT molecular complexity index is 513. The summed E-state index contributed by atoms with van der Waals surface area (Å²) in [5.41, 5.74) is 0.450. The quantitative estimate of drug-likeness (QED) is 0.598. The molecule has 1 aromatic carbocycles. The average molecular weight is 261 g/mol. The van der Waals surface area contributed by atoms with Gasteiger partial charge in [0.05, 0.1) is 19.9 Å². The molecule has 0 heterocycles. The third-order valence-electron chi connectivity index (χ3n) is 1.88. The lowest BCUT2D eigenvalue weighted by atomic mass is 10.3. The Morgan fingerprint density at radius 2 is 1.94 bits per heavy atom. The smallest absolute Gasteiger partial charge is 0.307 e. The SMILES string of the molecule is COc1ccc(N=CCS(=O)(=O)F)cc1OC. The van der Waals surface area contributed by atoms with E-state index in [1.165, 1.54) is 14.2 Å². The van der Waals surface area contributed by atoms with Gasteiger partial charge in [0.1, 0.15) is 5.75 Å². The van der Waals surface area contributed by atoms with Crippen LogP contribution < -0.4 is 9.47 Å². The number of methoxy groups -OCH3 is 2. The van der Waals surface area contributed by atoms with Crippen LogP contribution in [0.2, 0.25) is 0 Å². The first-order valence-corrected chi connectivity index (χ1v) is 6.18. The second kappa shape index (κ2) is 5.62. The van der Waals surface area contributed by atoms with Crippen LogP contribution in [0.25, 0.3) is 0 Å². The van der Waals surface area contributed by atoms with Crippen molar-refractivity contribution in [3.8, 4) is 11.5 Å². The molecule has 0 unspecified atom stereocenters. The molecule has 0 atom stereocenters. The van der Waals surface area contributed by atoms with Gasteiger partial charge in [-0.15, -0.1) is 3.89 Å². The third kappa shape index (κ3) is 4.39. The van der Waals surface area contributed by atoms with Crippen LogP contribution in [-0.4, -0.2) is 34.6 Å². The molecule has 5 nitrogen and oxygen atoms in total. The Hall–Kier alpha value is -1.63. The van der Waals surface area contributed by atoms with Crippen LogP contribution in [0.1, 0.15) is 0 Å². The van der Waals surface area contributed by atoms with Gasteiger partial charge in [0.2, 0.25) is 0 Å². The highest BCUT2D eigenvalue weighted by atomic mass is 32.3. The molecule has 0 aliphatic rings. The van der Waals surface area contributed by atoms with Gasteiger partial charge in [0, 0.05) is 12.3 Å². The van der Waals surface area contributed by atoms with Gasteiger partial charge in [-0.2, -0.15) is 8.42 Å². The van der Waals surface area contributed by atoms with Crippen molar-refractivity contribution in [1.82, 2.24) is 0 Å². The zero-order chi connectivity index (χ0) is 12.9. The molecular weight excluding hydrogens is 249 g/mol. The molecule has 0 amide bonds. The van der Waals surface area contributed by atoms with E-state index < -0.39 is 16.0 Å². The Morgan fingerprint density at radius 1 is 1.29 bits per heavy atom. The van der Waals surface area contributed by atoms with Crippen molar-refractivity contribution in [1.29, 1.82) is 0 Å². The van der Waals surface area contributed by atoms with Crippen LogP contribution in [0, 0.1) is 0 Å². The Kier molecular flexibility index (Phi) is 4.45. The molecule has 0 radical (unpaired) electrons. The maximum atomic E-state index is 12.2. The number of ether oxygens (including phenoxy) is 2. The molecule has 0 saturated heterocycles. The second-order valence-electron chi connectivity index (χ2n) is 3.06. The van der Waals surface area contributed by atoms with E-state index in [0.717, 1.165) is 6.21 Å². The summed E-state index contributed by atoms with van der Waals surface area (Å²) in [5.74, 6) is 0.247. The monoisotopic (exact) mass is 261 g/mol. The van der Waals surface area contributed by atoms with Gasteiger partial charge >= 0.3 is 10.2 Å². The molecule has 1 aromatic rings.